The van der Waals surface area contributed by atoms with Crippen LogP contribution in [0.5, 0.6) is 0 Å². The quantitative estimate of drug-likeness (QED) is 0.492. The van der Waals surface area contributed by atoms with Gasteiger partial charge >= 0.3 is 0 Å². The molecule has 0 aliphatic rings. The Morgan fingerprint density at radius 3 is 2.61 bits per heavy atom. The van der Waals surface area contributed by atoms with Crippen LogP contribution in [0.1, 0.15) is 28.1 Å². The van der Waals surface area contributed by atoms with Gasteiger partial charge in [-0.2, -0.15) is 0 Å². The smallest absolute Gasteiger partial charge is 0.191 e. The number of rotatable bonds is 6. The number of aromatic nitrogens is 2. The molecular weight excluding hydrogens is 368 g/mol. The molecule has 0 radical (unpaired) electrons. The number of hydrogen-bond donors (Lipinski definition) is 2. The summed E-state index contributed by atoms with van der Waals surface area (Å²) in [4.78, 5) is 17.3. The summed E-state index contributed by atoms with van der Waals surface area (Å²) in [5.74, 6) is 1.75. The number of thiazole rings is 1. The average molecular weight is 397 g/mol. The maximum Gasteiger partial charge on any atom is 0.191 e. The molecule has 0 unspecified atom stereocenters. The molecule has 2 N–H and O–H groups in total. The molecule has 2 aromatic heterocycles. The zero-order valence-electron chi connectivity index (χ0n) is 17.2. The maximum absolute atomic E-state index is 4.82. The van der Waals surface area contributed by atoms with E-state index in [0.717, 1.165) is 52.0 Å². The third-order valence-electron chi connectivity index (χ3n) is 4.41. The SMILES string of the molecule is CCNC(=NCc1cc(N(C)C)nc2ccccc12)NCc1sc(C)nc1C. The molecule has 0 bridgehead atoms. The number of pyridine rings is 1. The van der Waals surface area contributed by atoms with Crippen LogP contribution >= 0.6 is 11.3 Å². The van der Waals surface area contributed by atoms with E-state index in [1.165, 1.54) is 4.88 Å². The first kappa shape index (κ1) is 20.1. The van der Waals surface area contributed by atoms with Gasteiger partial charge in [0.25, 0.3) is 0 Å². The van der Waals surface area contributed by atoms with Gasteiger partial charge in [-0.05, 0) is 38.5 Å². The number of benzene rings is 1. The van der Waals surface area contributed by atoms with E-state index >= 15 is 0 Å². The monoisotopic (exact) mass is 396 g/mol. The minimum atomic E-state index is 0.583. The van der Waals surface area contributed by atoms with Crippen LogP contribution in [0.4, 0.5) is 5.82 Å². The fourth-order valence-electron chi connectivity index (χ4n) is 3.00. The Kier molecular flexibility index (Phi) is 6.46. The largest absolute Gasteiger partial charge is 0.363 e. The summed E-state index contributed by atoms with van der Waals surface area (Å²) >= 11 is 1.73. The predicted molar refractivity (Wildman–Crippen MR) is 119 cm³/mol. The molecule has 0 saturated carbocycles. The molecule has 3 rings (SSSR count). The van der Waals surface area contributed by atoms with Gasteiger partial charge in [0.2, 0.25) is 0 Å². The minimum Gasteiger partial charge on any atom is -0.363 e. The van der Waals surface area contributed by atoms with E-state index in [0.29, 0.717) is 6.54 Å². The van der Waals surface area contributed by atoms with Gasteiger partial charge in [-0.25, -0.2) is 15.0 Å². The van der Waals surface area contributed by atoms with Crippen LogP contribution in [0.25, 0.3) is 10.9 Å². The van der Waals surface area contributed by atoms with Crippen molar-refractivity contribution < 1.29 is 0 Å². The van der Waals surface area contributed by atoms with Crippen molar-refractivity contribution in [3.8, 4) is 0 Å². The highest BCUT2D eigenvalue weighted by Gasteiger charge is 2.09. The molecule has 1 aromatic carbocycles. The molecule has 0 amide bonds. The van der Waals surface area contributed by atoms with Crippen LogP contribution in [0.2, 0.25) is 0 Å². The average Bonchev–Trinajstić information content (AvgIpc) is 3.00. The van der Waals surface area contributed by atoms with Gasteiger partial charge in [0, 0.05) is 30.9 Å². The van der Waals surface area contributed by atoms with Crippen molar-refractivity contribution >= 4 is 34.0 Å². The number of fused-ring (bicyclic) bond motifs is 1. The zero-order valence-corrected chi connectivity index (χ0v) is 18.0. The van der Waals surface area contributed by atoms with Crippen molar-refractivity contribution in [2.75, 3.05) is 25.5 Å². The number of aliphatic imine (C=N–C) groups is 1. The zero-order chi connectivity index (χ0) is 20.1. The first-order valence-electron chi connectivity index (χ1n) is 9.49. The normalized spacial score (nSPS) is 11.7. The van der Waals surface area contributed by atoms with Gasteiger partial charge in [0.15, 0.2) is 5.96 Å². The lowest BCUT2D eigenvalue weighted by atomic mass is 10.1. The number of anilines is 1. The molecule has 3 aromatic rings. The Balaban J connectivity index is 1.83. The van der Waals surface area contributed by atoms with Gasteiger partial charge in [-0.15, -0.1) is 11.3 Å². The molecular formula is C21H28N6S. The maximum atomic E-state index is 4.82. The number of nitrogens with zero attached hydrogens (tertiary/aromatic N) is 4. The molecule has 0 fully saturated rings. The van der Waals surface area contributed by atoms with E-state index in [4.69, 9.17) is 9.98 Å². The molecule has 0 atom stereocenters. The standard InChI is InChI=1S/C21H28N6S/c1-6-22-21(24-13-19-14(2)25-15(3)28-19)23-12-16-11-20(27(4)5)26-18-10-8-7-9-17(16)18/h7-11H,6,12-13H2,1-5H3,(H2,22,23,24). The van der Waals surface area contributed by atoms with Gasteiger partial charge in [0.05, 0.1) is 29.3 Å². The lowest BCUT2D eigenvalue weighted by Gasteiger charge is -2.15. The fraction of sp³-hybridized carbons (Fsp3) is 0.381. The van der Waals surface area contributed by atoms with E-state index in [9.17, 15) is 0 Å². The van der Waals surface area contributed by atoms with Crippen LogP contribution < -0.4 is 15.5 Å². The van der Waals surface area contributed by atoms with Gasteiger partial charge in [0.1, 0.15) is 5.82 Å². The van der Waals surface area contributed by atoms with Crippen molar-refractivity contribution in [1.82, 2.24) is 20.6 Å². The first-order chi connectivity index (χ1) is 13.5. The second kappa shape index (κ2) is 9.01. The van der Waals surface area contributed by atoms with Crippen molar-refractivity contribution in [2.45, 2.75) is 33.9 Å². The molecule has 28 heavy (non-hydrogen) atoms. The Morgan fingerprint density at radius 1 is 1.14 bits per heavy atom. The molecule has 7 heteroatoms. The summed E-state index contributed by atoms with van der Waals surface area (Å²) < 4.78 is 0. The van der Waals surface area contributed by atoms with Crippen LogP contribution in [-0.2, 0) is 13.1 Å². The van der Waals surface area contributed by atoms with E-state index in [1.54, 1.807) is 11.3 Å². The molecule has 6 nitrogen and oxygen atoms in total. The summed E-state index contributed by atoms with van der Waals surface area (Å²) in [5.41, 5.74) is 3.24. The van der Waals surface area contributed by atoms with Crippen LogP contribution in [0, 0.1) is 13.8 Å². The molecule has 148 valence electrons. The van der Waals surface area contributed by atoms with Crippen molar-refractivity contribution in [3.63, 3.8) is 0 Å². The summed E-state index contributed by atoms with van der Waals surface area (Å²) in [7, 11) is 4.02. The van der Waals surface area contributed by atoms with E-state index in [-0.39, 0.29) is 0 Å². The number of hydrogen-bond acceptors (Lipinski definition) is 5. The van der Waals surface area contributed by atoms with Crippen LogP contribution in [0.3, 0.4) is 0 Å². The highest BCUT2D eigenvalue weighted by atomic mass is 32.1. The first-order valence-corrected chi connectivity index (χ1v) is 10.3. The van der Waals surface area contributed by atoms with E-state index in [2.05, 4.69) is 41.6 Å². The van der Waals surface area contributed by atoms with E-state index < -0.39 is 0 Å². The van der Waals surface area contributed by atoms with Crippen molar-refractivity contribution in [1.29, 1.82) is 0 Å². The number of nitrogens with one attached hydrogen (secondary N) is 2. The van der Waals surface area contributed by atoms with Gasteiger partial charge in [-0.1, -0.05) is 18.2 Å². The Hall–Kier alpha value is -2.67. The topological polar surface area (TPSA) is 65.4 Å². The summed E-state index contributed by atoms with van der Waals surface area (Å²) in [5, 5.41) is 9.00. The van der Waals surface area contributed by atoms with Crippen molar-refractivity contribution in [2.24, 2.45) is 4.99 Å². The lowest BCUT2D eigenvalue weighted by Crippen LogP contribution is -2.36. The summed E-state index contributed by atoms with van der Waals surface area (Å²) in [6.45, 7) is 8.29. The lowest BCUT2D eigenvalue weighted by molar-refractivity contribution is 0.819. The molecule has 0 aliphatic carbocycles. The minimum absolute atomic E-state index is 0.583. The van der Waals surface area contributed by atoms with E-state index in [1.807, 2.05) is 44.1 Å². The molecule has 2 heterocycles. The summed E-state index contributed by atoms with van der Waals surface area (Å²) in [6.07, 6.45) is 0. The van der Waals surface area contributed by atoms with Gasteiger partial charge in [-0.3, -0.25) is 0 Å². The third-order valence-corrected chi connectivity index (χ3v) is 5.49. The number of aryl methyl sites for hydroxylation is 2. The third kappa shape index (κ3) is 4.78. The number of guanidine groups is 1. The fourth-order valence-corrected chi connectivity index (χ4v) is 3.88. The molecule has 0 saturated heterocycles. The van der Waals surface area contributed by atoms with Gasteiger partial charge < -0.3 is 15.5 Å². The molecule has 0 aliphatic heterocycles. The molecule has 0 spiro atoms. The van der Waals surface area contributed by atoms with Crippen LogP contribution in [-0.4, -0.2) is 36.6 Å². The number of para-hydroxylation sites is 1. The van der Waals surface area contributed by atoms with Crippen molar-refractivity contribution in [3.05, 3.63) is 51.5 Å². The Morgan fingerprint density at radius 2 is 1.93 bits per heavy atom. The second-order valence-corrected chi connectivity index (χ2v) is 8.13. The van der Waals surface area contributed by atoms with Crippen LogP contribution in [0.15, 0.2) is 35.3 Å². The second-order valence-electron chi connectivity index (χ2n) is 6.84. The Labute approximate surface area is 170 Å². The Bertz CT molecular complexity index is 976. The summed E-state index contributed by atoms with van der Waals surface area (Å²) in [6, 6.07) is 10.3. The predicted octanol–water partition coefficient (Wildman–Crippen LogP) is 3.63. The highest BCUT2D eigenvalue weighted by molar-refractivity contribution is 7.11. The highest BCUT2D eigenvalue weighted by Crippen LogP contribution is 2.23.